The molecule has 0 saturated carbocycles. The van der Waals surface area contributed by atoms with Crippen molar-refractivity contribution < 1.29 is 18.3 Å². The third-order valence-corrected chi connectivity index (χ3v) is 2.58. The highest BCUT2D eigenvalue weighted by Gasteiger charge is 2.17. The van der Waals surface area contributed by atoms with Gasteiger partial charge in [-0.1, -0.05) is 0 Å². The van der Waals surface area contributed by atoms with Crippen molar-refractivity contribution in [3.63, 3.8) is 0 Å². The molecule has 1 atom stereocenters. The predicted molar refractivity (Wildman–Crippen MR) is 57.4 cm³/mol. The lowest BCUT2D eigenvalue weighted by atomic mass is 10.1. The number of nitrogens with one attached hydrogen (secondary N) is 1. The van der Waals surface area contributed by atoms with Crippen molar-refractivity contribution >= 4 is 5.91 Å². The minimum Gasteiger partial charge on any atom is -0.379 e. The summed E-state index contributed by atoms with van der Waals surface area (Å²) >= 11 is 0. The van der Waals surface area contributed by atoms with Gasteiger partial charge in [-0.3, -0.25) is 4.79 Å². The Morgan fingerprint density at radius 2 is 2.06 bits per heavy atom. The molecule has 1 aliphatic rings. The number of ether oxygens (including phenoxy) is 1. The van der Waals surface area contributed by atoms with Crippen molar-refractivity contribution in [1.82, 2.24) is 5.32 Å². The Hall–Kier alpha value is -1.49. The standard InChI is InChI=1S/C12H13F2NO2/c13-9-3-8(4-10(14)6-9)5-12(16)15-11-1-2-17-7-11/h3-4,6,11H,1-2,5,7H2,(H,15,16). The average molecular weight is 241 g/mol. The van der Waals surface area contributed by atoms with Crippen LogP contribution in [0, 0.1) is 11.6 Å². The van der Waals surface area contributed by atoms with Crippen LogP contribution in [0.2, 0.25) is 0 Å². The SMILES string of the molecule is O=C(Cc1cc(F)cc(F)c1)NC1CCOC1. The maximum Gasteiger partial charge on any atom is 0.224 e. The number of rotatable bonds is 3. The van der Waals surface area contributed by atoms with Gasteiger partial charge in [-0.05, 0) is 24.1 Å². The van der Waals surface area contributed by atoms with Gasteiger partial charge in [0.15, 0.2) is 0 Å². The van der Waals surface area contributed by atoms with Gasteiger partial charge in [0.1, 0.15) is 11.6 Å². The van der Waals surface area contributed by atoms with Gasteiger partial charge in [0.25, 0.3) is 0 Å². The molecular weight excluding hydrogens is 228 g/mol. The average Bonchev–Trinajstić information content (AvgIpc) is 2.67. The highest BCUT2D eigenvalue weighted by Crippen LogP contribution is 2.09. The van der Waals surface area contributed by atoms with E-state index in [0.29, 0.717) is 18.8 Å². The molecule has 3 nitrogen and oxygen atoms in total. The van der Waals surface area contributed by atoms with Gasteiger partial charge in [-0.2, -0.15) is 0 Å². The van der Waals surface area contributed by atoms with Gasteiger partial charge in [-0.25, -0.2) is 8.78 Å². The lowest BCUT2D eigenvalue weighted by Crippen LogP contribution is -2.36. The van der Waals surface area contributed by atoms with Gasteiger partial charge in [0.2, 0.25) is 5.91 Å². The van der Waals surface area contributed by atoms with Crippen molar-refractivity contribution in [2.45, 2.75) is 18.9 Å². The molecule has 17 heavy (non-hydrogen) atoms. The molecule has 1 aromatic carbocycles. The summed E-state index contributed by atoms with van der Waals surface area (Å²) in [5.74, 6) is -1.58. The summed E-state index contributed by atoms with van der Waals surface area (Å²) in [4.78, 5) is 11.6. The summed E-state index contributed by atoms with van der Waals surface area (Å²) in [7, 11) is 0. The first-order valence-electron chi connectivity index (χ1n) is 5.45. The Morgan fingerprint density at radius 3 is 2.65 bits per heavy atom. The second kappa shape index (κ2) is 5.23. The molecule has 0 radical (unpaired) electrons. The van der Waals surface area contributed by atoms with Crippen molar-refractivity contribution in [2.75, 3.05) is 13.2 Å². The van der Waals surface area contributed by atoms with E-state index in [2.05, 4.69) is 5.32 Å². The van der Waals surface area contributed by atoms with E-state index >= 15 is 0 Å². The highest BCUT2D eigenvalue weighted by molar-refractivity contribution is 5.78. The lowest BCUT2D eigenvalue weighted by molar-refractivity contribution is -0.121. The van der Waals surface area contributed by atoms with Gasteiger partial charge >= 0.3 is 0 Å². The maximum atomic E-state index is 12.9. The van der Waals surface area contributed by atoms with E-state index in [0.717, 1.165) is 24.6 Å². The molecule has 0 spiro atoms. The molecule has 1 heterocycles. The van der Waals surface area contributed by atoms with Crippen LogP contribution in [0.3, 0.4) is 0 Å². The van der Waals surface area contributed by atoms with E-state index in [9.17, 15) is 13.6 Å². The van der Waals surface area contributed by atoms with E-state index in [1.807, 2.05) is 0 Å². The van der Waals surface area contributed by atoms with Crippen molar-refractivity contribution in [1.29, 1.82) is 0 Å². The molecule has 5 heteroatoms. The van der Waals surface area contributed by atoms with E-state index in [1.165, 1.54) is 0 Å². The van der Waals surface area contributed by atoms with Crippen LogP contribution in [0.5, 0.6) is 0 Å². The molecule has 1 amide bonds. The molecule has 1 aliphatic heterocycles. The van der Waals surface area contributed by atoms with Crippen molar-refractivity contribution in [2.24, 2.45) is 0 Å². The number of halogens is 2. The first kappa shape index (κ1) is 12.0. The molecule has 92 valence electrons. The molecule has 2 rings (SSSR count). The molecule has 0 aliphatic carbocycles. The van der Waals surface area contributed by atoms with Crippen molar-refractivity contribution in [3.8, 4) is 0 Å². The van der Waals surface area contributed by atoms with E-state index < -0.39 is 11.6 Å². The van der Waals surface area contributed by atoms with E-state index in [4.69, 9.17) is 4.74 Å². The number of hydrogen-bond donors (Lipinski definition) is 1. The maximum absolute atomic E-state index is 12.9. The fraction of sp³-hybridized carbons (Fsp3) is 0.417. The Morgan fingerprint density at radius 1 is 1.35 bits per heavy atom. The van der Waals surface area contributed by atoms with E-state index in [-0.39, 0.29) is 18.4 Å². The monoisotopic (exact) mass is 241 g/mol. The topological polar surface area (TPSA) is 38.3 Å². The Balaban J connectivity index is 1.92. The largest absolute Gasteiger partial charge is 0.379 e. The number of benzene rings is 1. The molecule has 1 saturated heterocycles. The Kier molecular flexibility index (Phi) is 3.68. The van der Waals surface area contributed by atoms with E-state index in [1.54, 1.807) is 0 Å². The summed E-state index contributed by atoms with van der Waals surface area (Å²) in [6.45, 7) is 1.14. The fourth-order valence-electron chi connectivity index (χ4n) is 1.83. The minimum atomic E-state index is -0.669. The highest BCUT2D eigenvalue weighted by atomic mass is 19.1. The zero-order chi connectivity index (χ0) is 12.3. The molecule has 1 fully saturated rings. The van der Waals surface area contributed by atoms with Gasteiger partial charge in [0, 0.05) is 12.7 Å². The van der Waals surface area contributed by atoms with Crippen LogP contribution in [0.1, 0.15) is 12.0 Å². The molecule has 0 aromatic heterocycles. The quantitative estimate of drug-likeness (QED) is 0.869. The molecule has 1 N–H and O–H groups in total. The van der Waals surface area contributed by atoms with Gasteiger partial charge < -0.3 is 10.1 Å². The van der Waals surface area contributed by atoms with Gasteiger partial charge in [-0.15, -0.1) is 0 Å². The third kappa shape index (κ3) is 3.49. The second-order valence-electron chi connectivity index (χ2n) is 4.08. The van der Waals surface area contributed by atoms with Crippen LogP contribution < -0.4 is 5.32 Å². The number of amides is 1. The first-order valence-corrected chi connectivity index (χ1v) is 5.45. The Bertz CT molecular complexity index is 397. The molecule has 1 aromatic rings. The summed E-state index contributed by atoms with van der Waals surface area (Å²) in [5.41, 5.74) is 0.332. The minimum absolute atomic E-state index is 0.0147. The zero-order valence-electron chi connectivity index (χ0n) is 9.21. The lowest BCUT2D eigenvalue weighted by Gasteiger charge is -2.10. The number of carbonyl (C=O) groups excluding carboxylic acids is 1. The van der Waals surface area contributed by atoms with Crippen LogP contribution >= 0.6 is 0 Å². The smallest absolute Gasteiger partial charge is 0.224 e. The second-order valence-corrected chi connectivity index (χ2v) is 4.08. The van der Waals surface area contributed by atoms with Crippen LogP contribution in [-0.4, -0.2) is 25.2 Å². The molecule has 0 bridgehead atoms. The summed E-state index contributed by atoms with van der Waals surface area (Å²) in [6, 6.07) is 3.12. The fourth-order valence-corrected chi connectivity index (χ4v) is 1.83. The number of carbonyl (C=O) groups is 1. The predicted octanol–water partition coefficient (Wildman–Crippen LogP) is 1.41. The van der Waals surface area contributed by atoms with Crippen LogP contribution in [0.25, 0.3) is 0 Å². The van der Waals surface area contributed by atoms with Crippen molar-refractivity contribution in [3.05, 3.63) is 35.4 Å². The molecule has 1 unspecified atom stereocenters. The summed E-state index contributed by atoms with van der Waals surface area (Å²) in [6.07, 6.45) is 0.758. The van der Waals surface area contributed by atoms with Crippen LogP contribution in [-0.2, 0) is 16.0 Å². The normalized spacial score (nSPS) is 19.3. The van der Waals surface area contributed by atoms with Gasteiger partial charge in [0.05, 0.1) is 19.1 Å². The molecular formula is C12H13F2NO2. The summed E-state index contributed by atoms with van der Waals surface area (Å²) in [5, 5.41) is 2.76. The zero-order valence-corrected chi connectivity index (χ0v) is 9.21. The third-order valence-electron chi connectivity index (χ3n) is 2.58. The number of hydrogen-bond acceptors (Lipinski definition) is 2. The summed E-state index contributed by atoms with van der Waals surface area (Å²) < 4.78 is 30.9. The van der Waals surface area contributed by atoms with Crippen LogP contribution in [0.4, 0.5) is 8.78 Å². The first-order chi connectivity index (χ1) is 8.13. The van der Waals surface area contributed by atoms with Crippen LogP contribution in [0.15, 0.2) is 18.2 Å². The Labute approximate surface area is 97.8 Å².